The molecule has 1 atom stereocenters. The van der Waals surface area contributed by atoms with Gasteiger partial charge in [-0.15, -0.1) is 0 Å². The molecule has 1 rings (SSSR count). The van der Waals surface area contributed by atoms with Crippen LogP contribution in [-0.2, 0) is 11.0 Å². The van der Waals surface area contributed by atoms with Crippen LogP contribution >= 0.6 is 7.44 Å². The lowest BCUT2D eigenvalue weighted by Gasteiger charge is -2.36. The van der Waals surface area contributed by atoms with Gasteiger partial charge in [0.25, 0.3) is 0 Å². The first-order valence-corrected chi connectivity index (χ1v) is 7.80. The molecule has 0 fully saturated rings. The maximum Gasteiger partial charge on any atom is 0.220 e. The fraction of sp³-hybridized carbons (Fsp3) is 0.538. The van der Waals surface area contributed by atoms with E-state index < -0.39 is 7.44 Å². The lowest BCUT2D eigenvalue weighted by Crippen LogP contribution is -2.35. The van der Waals surface area contributed by atoms with Crippen molar-refractivity contribution in [3.8, 4) is 0 Å². The lowest BCUT2D eigenvalue weighted by atomic mass is 10.1. The summed E-state index contributed by atoms with van der Waals surface area (Å²) in [5.41, 5.74) is 6.98. The molecule has 1 aromatic carbocycles. The molecule has 2 N–H and O–H groups in total. The van der Waals surface area contributed by atoms with Crippen molar-refractivity contribution in [3.63, 3.8) is 0 Å². The maximum atomic E-state index is 13.1. The van der Waals surface area contributed by atoms with Crippen molar-refractivity contribution in [1.29, 1.82) is 0 Å². The highest BCUT2D eigenvalue weighted by Crippen LogP contribution is 2.54. The van der Waals surface area contributed by atoms with Gasteiger partial charge in [-0.05, 0) is 40.2 Å². The number of hydrogen-bond donors (Lipinski definition) is 1. The third-order valence-electron chi connectivity index (χ3n) is 3.21. The first-order valence-electron chi connectivity index (χ1n) is 6.12. The predicted octanol–water partition coefficient (Wildman–Crippen LogP) is 1.87. The first-order chi connectivity index (χ1) is 8.42. The summed E-state index contributed by atoms with van der Waals surface area (Å²) >= 11 is 0. The van der Waals surface area contributed by atoms with Crippen LogP contribution in [0.4, 0.5) is 0 Å². The summed E-state index contributed by atoms with van der Waals surface area (Å²) in [7, 11) is 4.83. The molecule has 0 aliphatic rings. The molecule has 0 spiro atoms. The van der Waals surface area contributed by atoms with Crippen LogP contribution in [0.25, 0.3) is 0 Å². The minimum atomic E-state index is -2.60. The molecule has 0 saturated carbocycles. The number of nitrogens with zero attached hydrogens (tertiary/aromatic N) is 2. The number of nitrogens with two attached hydrogens (primary N) is 1. The van der Waals surface area contributed by atoms with E-state index in [4.69, 9.17) is 5.73 Å². The van der Waals surface area contributed by atoms with Crippen LogP contribution in [0, 0.1) is 0 Å². The van der Waals surface area contributed by atoms with Gasteiger partial charge < -0.3 is 5.73 Å². The molecular formula is C13H24N3OP. The average Bonchev–Trinajstić information content (AvgIpc) is 2.35. The largest absolute Gasteiger partial charge is 0.330 e. The number of rotatable bonds is 6. The highest BCUT2D eigenvalue weighted by molar-refractivity contribution is 7.59. The summed E-state index contributed by atoms with van der Waals surface area (Å²) < 4.78 is 16.7. The van der Waals surface area contributed by atoms with Crippen LogP contribution in [0.1, 0.15) is 5.56 Å². The van der Waals surface area contributed by atoms with Gasteiger partial charge in [0.05, 0.1) is 5.66 Å². The van der Waals surface area contributed by atoms with E-state index in [-0.39, 0.29) is 5.66 Å². The van der Waals surface area contributed by atoms with Crippen molar-refractivity contribution in [2.75, 3.05) is 34.7 Å². The molecular weight excluding hydrogens is 245 g/mol. The standard InChI is InChI=1S/C13H24N3OP/c1-15(2)18(17,16(3)4)13(11-14)10-12-8-6-5-7-9-12/h5-9,13H,10-11,14H2,1-4H3. The van der Waals surface area contributed by atoms with Gasteiger partial charge in [-0.25, -0.2) is 9.34 Å². The molecule has 0 aromatic heterocycles. The Kier molecular flexibility index (Phi) is 5.54. The smallest absolute Gasteiger partial charge is 0.220 e. The van der Waals surface area contributed by atoms with Crippen molar-refractivity contribution in [3.05, 3.63) is 35.9 Å². The molecule has 1 unspecified atom stereocenters. The monoisotopic (exact) mass is 269 g/mol. The molecule has 0 aliphatic carbocycles. The van der Waals surface area contributed by atoms with E-state index in [1.165, 1.54) is 5.56 Å². The Hall–Kier alpha value is -0.670. The van der Waals surface area contributed by atoms with Crippen LogP contribution in [-0.4, -0.2) is 49.7 Å². The zero-order chi connectivity index (χ0) is 13.8. The van der Waals surface area contributed by atoms with Gasteiger partial charge in [0.2, 0.25) is 7.44 Å². The van der Waals surface area contributed by atoms with Crippen molar-refractivity contribution in [1.82, 2.24) is 9.34 Å². The van der Waals surface area contributed by atoms with Gasteiger partial charge in [-0.3, -0.25) is 4.57 Å². The highest BCUT2D eigenvalue weighted by atomic mass is 31.2. The maximum absolute atomic E-state index is 13.1. The summed E-state index contributed by atoms with van der Waals surface area (Å²) in [5.74, 6) is 0. The number of hydrogen-bond acceptors (Lipinski definition) is 2. The second-order valence-electron chi connectivity index (χ2n) is 4.86. The molecule has 0 bridgehead atoms. The van der Waals surface area contributed by atoms with Crippen LogP contribution in [0.15, 0.2) is 30.3 Å². The minimum absolute atomic E-state index is 0.0510. The van der Waals surface area contributed by atoms with Crippen molar-refractivity contribution < 1.29 is 4.57 Å². The SMILES string of the molecule is CN(C)P(=O)(C(CN)Cc1ccccc1)N(C)C. The number of benzene rings is 1. The fourth-order valence-corrected chi connectivity index (χ4v) is 4.98. The van der Waals surface area contributed by atoms with E-state index in [9.17, 15) is 4.57 Å². The van der Waals surface area contributed by atoms with Crippen LogP contribution in [0.2, 0.25) is 0 Å². The zero-order valence-corrected chi connectivity index (χ0v) is 12.6. The molecule has 0 heterocycles. The molecule has 0 saturated heterocycles. The van der Waals surface area contributed by atoms with E-state index in [1.54, 1.807) is 0 Å². The summed E-state index contributed by atoms with van der Waals surface area (Å²) in [6.07, 6.45) is 0.741. The van der Waals surface area contributed by atoms with Gasteiger partial charge in [-0.2, -0.15) is 0 Å². The second-order valence-corrected chi connectivity index (χ2v) is 8.37. The Bertz CT molecular complexity index is 394. The van der Waals surface area contributed by atoms with Gasteiger partial charge >= 0.3 is 0 Å². The van der Waals surface area contributed by atoms with Gasteiger partial charge in [0.1, 0.15) is 0 Å². The van der Waals surface area contributed by atoms with E-state index in [0.29, 0.717) is 6.54 Å². The average molecular weight is 269 g/mol. The zero-order valence-electron chi connectivity index (χ0n) is 11.7. The van der Waals surface area contributed by atoms with Gasteiger partial charge in [0.15, 0.2) is 0 Å². The summed E-state index contributed by atoms with van der Waals surface area (Å²) in [4.78, 5) is 0. The Morgan fingerprint density at radius 2 is 1.61 bits per heavy atom. The molecule has 5 heteroatoms. The highest BCUT2D eigenvalue weighted by Gasteiger charge is 2.36. The van der Waals surface area contributed by atoms with E-state index in [2.05, 4.69) is 12.1 Å². The van der Waals surface area contributed by atoms with Crippen LogP contribution < -0.4 is 5.73 Å². The summed E-state index contributed by atoms with van der Waals surface area (Å²) in [6.45, 7) is 0.419. The van der Waals surface area contributed by atoms with E-state index in [1.807, 2.05) is 55.7 Å². The van der Waals surface area contributed by atoms with Crippen molar-refractivity contribution >= 4 is 7.44 Å². The lowest BCUT2D eigenvalue weighted by molar-refractivity contribution is 0.432. The molecule has 0 aliphatic heterocycles. The predicted molar refractivity (Wildman–Crippen MR) is 78.0 cm³/mol. The molecule has 102 valence electrons. The van der Waals surface area contributed by atoms with E-state index >= 15 is 0 Å². The normalized spacial score (nSPS) is 14.2. The van der Waals surface area contributed by atoms with Gasteiger partial charge in [0, 0.05) is 6.54 Å². The van der Waals surface area contributed by atoms with Crippen LogP contribution in [0.3, 0.4) is 0 Å². The van der Waals surface area contributed by atoms with Crippen LogP contribution in [0.5, 0.6) is 0 Å². The molecule has 0 amide bonds. The Balaban J connectivity index is 2.98. The van der Waals surface area contributed by atoms with Gasteiger partial charge in [-0.1, -0.05) is 30.3 Å². The topological polar surface area (TPSA) is 49.6 Å². The quantitative estimate of drug-likeness (QED) is 0.801. The minimum Gasteiger partial charge on any atom is -0.330 e. The van der Waals surface area contributed by atoms with Crippen molar-refractivity contribution in [2.24, 2.45) is 5.73 Å². The molecule has 18 heavy (non-hydrogen) atoms. The Morgan fingerprint density at radius 3 is 2.00 bits per heavy atom. The fourth-order valence-electron chi connectivity index (χ4n) is 2.24. The third kappa shape index (κ3) is 3.21. The van der Waals surface area contributed by atoms with Crippen molar-refractivity contribution in [2.45, 2.75) is 12.1 Å². The first kappa shape index (κ1) is 15.4. The summed E-state index contributed by atoms with van der Waals surface area (Å²) in [5, 5.41) is 0. The summed E-state index contributed by atoms with van der Waals surface area (Å²) in [6, 6.07) is 10.1. The van der Waals surface area contributed by atoms with E-state index in [0.717, 1.165) is 6.42 Å². The molecule has 0 radical (unpaired) electrons. The Labute approximate surface area is 110 Å². The Morgan fingerprint density at radius 1 is 1.11 bits per heavy atom. The third-order valence-corrected chi connectivity index (χ3v) is 6.85. The molecule has 4 nitrogen and oxygen atoms in total. The second kappa shape index (κ2) is 6.48. The molecule has 1 aromatic rings.